The second-order valence-electron chi connectivity index (χ2n) is 5.17. The molecule has 0 amide bonds. The number of hydrogen-bond donors (Lipinski definition) is 0. The highest BCUT2D eigenvalue weighted by atomic mass is 32.2. The van der Waals surface area contributed by atoms with Crippen LogP contribution in [0.25, 0.3) is 0 Å². The van der Waals surface area contributed by atoms with Gasteiger partial charge in [0.1, 0.15) is 5.78 Å². The number of carbonyl (C=O) groups excluding carboxylic acids is 2. The van der Waals surface area contributed by atoms with E-state index in [9.17, 15) is 22.8 Å². The van der Waals surface area contributed by atoms with E-state index in [0.29, 0.717) is 13.0 Å². The molecule has 0 aliphatic heterocycles. The summed E-state index contributed by atoms with van der Waals surface area (Å²) >= 11 is 5.91. The second kappa shape index (κ2) is 11.7. The SMILES string of the molecule is CCCC(=O)OC(CC(CCC(C)=O)SC(=S)OCC)C(F)(F)F. The molecule has 9 heteroatoms. The Bertz CT molecular complexity index is 427. The minimum absolute atomic E-state index is 0.0742. The summed E-state index contributed by atoms with van der Waals surface area (Å²) in [4.78, 5) is 22.6. The molecule has 0 N–H and O–H groups in total. The molecule has 0 saturated heterocycles. The fourth-order valence-corrected chi connectivity index (χ4v) is 3.28. The van der Waals surface area contributed by atoms with E-state index in [1.807, 2.05) is 0 Å². The molecule has 0 bridgehead atoms. The van der Waals surface area contributed by atoms with Gasteiger partial charge >= 0.3 is 12.1 Å². The molecule has 0 aliphatic rings. The molecule has 2 unspecified atom stereocenters. The van der Waals surface area contributed by atoms with Crippen LogP contribution in [0.2, 0.25) is 0 Å². The van der Waals surface area contributed by atoms with Crippen LogP contribution >= 0.6 is 24.0 Å². The highest BCUT2D eigenvalue weighted by Crippen LogP contribution is 2.32. The Morgan fingerprint density at radius 3 is 2.29 bits per heavy atom. The van der Waals surface area contributed by atoms with Crippen molar-refractivity contribution in [1.29, 1.82) is 0 Å². The van der Waals surface area contributed by atoms with Gasteiger partial charge in [-0.2, -0.15) is 13.2 Å². The van der Waals surface area contributed by atoms with Crippen LogP contribution < -0.4 is 0 Å². The minimum atomic E-state index is -4.67. The van der Waals surface area contributed by atoms with E-state index in [2.05, 4.69) is 4.74 Å². The summed E-state index contributed by atoms with van der Waals surface area (Å²) in [5, 5.41) is -0.631. The predicted molar refractivity (Wildman–Crippen MR) is 91.0 cm³/mol. The van der Waals surface area contributed by atoms with Gasteiger partial charge in [0.05, 0.1) is 6.61 Å². The zero-order valence-electron chi connectivity index (χ0n) is 14.0. The normalized spacial score (nSPS) is 13.9. The minimum Gasteiger partial charge on any atom is -0.479 e. The standard InChI is InChI=1S/C15H23F3O4S2/c1-4-6-13(20)22-12(15(16,17)18)9-11(8-7-10(3)19)24-14(23)21-5-2/h11-12H,4-9H2,1-3H3. The summed E-state index contributed by atoms with van der Waals surface area (Å²) in [6.45, 7) is 5.06. The first-order valence-electron chi connectivity index (χ1n) is 7.69. The van der Waals surface area contributed by atoms with Gasteiger partial charge in [-0.15, -0.1) is 0 Å². The number of ether oxygens (including phenoxy) is 2. The van der Waals surface area contributed by atoms with Crippen LogP contribution in [0.4, 0.5) is 13.2 Å². The van der Waals surface area contributed by atoms with Crippen molar-refractivity contribution < 1.29 is 32.2 Å². The van der Waals surface area contributed by atoms with Gasteiger partial charge in [0.15, 0.2) is 6.10 Å². The first-order valence-corrected chi connectivity index (χ1v) is 8.97. The first-order chi connectivity index (χ1) is 11.1. The zero-order valence-corrected chi connectivity index (χ0v) is 15.6. The molecule has 2 atom stereocenters. The Labute approximate surface area is 149 Å². The summed E-state index contributed by atoms with van der Waals surface area (Å²) in [7, 11) is 0. The fourth-order valence-electron chi connectivity index (χ4n) is 1.79. The summed E-state index contributed by atoms with van der Waals surface area (Å²) < 4.78 is 49.2. The molecule has 0 radical (unpaired) electrons. The van der Waals surface area contributed by atoms with Crippen molar-refractivity contribution in [2.75, 3.05) is 6.61 Å². The van der Waals surface area contributed by atoms with Crippen molar-refractivity contribution >= 4 is 40.1 Å². The molecule has 0 saturated carbocycles. The average molecular weight is 388 g/mol. The monoisotopic (exact) mass is 388 g/mol. The van der Waals surface area contributed by atoms with Gasteiger partial charge in [0.2, 0.25) is 4.38 Å². The molecule has 0 aromatic heterocycles. The number of Topliss-reactive ketones (excluding diaryl/α,β-unsaturated/α-hetero) is 1. The summed E-state index contributed by atoms with van der Waals surface area (Å²) in [5.41, 5.74) is 0. The van der Waals surface area contributed by atoms with E-state index in [1.165, 1.54) is 6.92 Å². The van der Waals surface area contributed by atoms with Crippen molar-refractivity contribution in [3.63, 3.8) is 0 Å². The van der Waals surface area contributed by atoms with Gasteiger partial charge in [0.25, 0.3) is 0 Å². The van der Waals surface area contributed by atoms with E-state index in [4.69, 9.17) is 17.0 Å². The maximum atomic E-state index is 13.1. The quantitative estimate of drug-likeness (QED) is 0.407. The number of thiocarbonyl (C=S) groups is 1. The molecule has 24 heavy (non-hydrogen) atoms. The third-order valence-electron chi connectivity index (χ3n) is 2.91. The highest BCUT2D eigenvalue weighted by molar-refractivity contribution is 8.23. The molecule has 140 valence electrons. The first kappa shape index (κ1) is 23.2. The molecule has 0 heterocycles. The van der Waals surface area contributed by atoms with Crippen LogP contribution in [0, 0.1) is 0 Å². The van der Waals surface area contributed by atoms with E-state index < -0.39 is 29.9 Å². The number of rotatable bonds is 10. The Kier molecular flexibility index (Phi) is 11.3. The molecule has 0 aliphatic carbocycles. The lowest BCUT2D eigenvalue weighted by Crippen LogP contribution is -2.36. The number of esters is 1. The van der Waals surface area contributed by atoms with E-state index >= 15 is 0 Å². The smallest absolute Gasteiger partial charge is 0.425 e. The molecule has 0 aromatic rings. The zero-order chi connectivity index (χ0) is 18.8. The van der Waals surface area contributed by atoms with Crippen LogP contribution in [0.15, 0.2) is 0 Å². The summed E-state index contributed by atoms with van der Waals surface area (Å²) in [6.07, 6.45) is -6.71. The number of halogens is 3. The third kappa shape index (κ3) is 10.9. The van der Waals surface area contributed by atoms with Crippen molar-refractivity contribution in [3.8, 4) is 0 Å². The molecular formula is C15H23F3O4S2. The van der Waals surface area contributed by atoms with E-state index in [1.54, 1.807) is 13.8 Å². The predicted octanol–water partition coefficient (Wildman–Crippen LogP) is 4.44. The molecule has 0 aromatic carbocycles. The van der Waals surface area contributed by atoms with Crippen LogP contribution in [0.3, 0.4) is 0 Å². The van der Waals surface area contributed by atoms with Crippen LogP contribution in [-0.4, -0.2) is 40.3 Å². The number of thioether (sulfide) groups is 1. The number of ketones is 1. The van der Waals surface area contributed by atoms with Gasteiger partial charge < -0.3 is 14.3 Å². The molecular weight excluding hydrogens is 365 g/mol. The van der Waals surface area contributed by atoms with Gasteiger partial charge in [-0.1, -0.05) is 18.7 Å². The fraction of sp³-hybridized carbons (Fsp3) is 0.800. The Balaban J connectivity index is 5.00. The lowest BCUT2D eigenvalue weighted by atomic mass is 10.1. The van der Waals surface area contributed by atoms with E-state index in [0.717, 1.165) is 11.8 Å². The van der Waals surface area contributed by atoms with Crippen LogP contribution in [0.1, 0.15) is 52.9 Å². The van der Waals surface area contributed by atoms with Crippen molar-refractivity contribution in [1.82, 2.24) is 0 Å². The van der Waals surface area contributed by atoms with Crippen molar-refractivity contribution in [2.24, 2.45) is 0 Å². The van der Waals surface area contributed by atoms with Crippen LogP contribution in [0.5, 0.6) is 0 Å². The topological polar surface area (TPSA) is 52.6 Å². The summed E-state index contributed by atoms with van der Waals surface area (Å²) in [6, 6.07) is 0. The molecule has 4 nitrogen and oxygen atoms in total. The second-order valence-corrected chi connectivity index (χ2v) is 7.07. The van der Waals surface area contributed by atoms with E-state index in [-0.39, 0.29) is 29.4 Å². The number of carbonyl (C=O) groups is 2. The Hall–Kier alpha value is -0.830. The average Bonchev–Trinajstić information content (AvgIpc) is 2.43. The summed E-state index contributed by atoms with van der Waals surface area (Å²) in [5.74, 6) is -1.02. The highest BCUT2D eigenvalue weighted by Gasteiger charge is 2.44. The third-order valence-corrected chi connectivity index (χ3v) is 4.39. The lowest BCUT2D eigenvalue weighted by Gasteiger charge is -2.25. The van der Waals surface area contributed by atoms with Gasteiger partial charge in [-0.25, -0.2) is 0 Å². The maximum absolute atomic E-state index is 13.1. The molecule has 0 spiro atoms. The lowest BCUT2D eigenvalue weighted by molar-refractivity contribution is -0.222. The number of alkyl halides is 3. The van der Waals surface area contributed by atoms with Gasteiger partial charge in [-0.05, 0) is 38.9 Å². The van der Waals surface area contributed by atoms with Crippen molar-refractivity contribution in [3.05, 3.63) is 0 Å². The van der Waals surface area contributed by atoms with Crippen molar-refractivity contribution in [2.45, 2.75) is 70.4 Å². The molecule has 0 fully saturated rings. The largest absolute Gasteiger partial charge is 0.479 e. The Morgan fingerprint density at radius 1 is 1.21 bits per heavy atom. The van der Waals surface area contributed by atoms with Gasteiger partial charge in [0, 0.05) is 24.5 Å². The van der Waals surface area contributed by atoms with Crippen LogP contribution in [-0.2, 0) is 19.1 Å². The number of hydrogen-bond acceptors (Lipinski definition) is 6. The Morgan fingerprint density at radius 2 is 1.83 bits per heavy atom. The molecule has 0 rings (SSSR count). The maximum Gasteiger partial charge on any atom is 0.425 e. The van der Waals surface area contributed by atoms with Gasteiger partial charge in [-0.3, -0.25) is 4.79 Å².